The van der Waals surface area contributed by atoms with E-state index in [0.717, 1.165) is 0 Å². The van der Waals surface area contributed by atoms with Crippen molar-refractivity contribution in [2.45, 2.75) is 16.6 Å². The number of nitrogens with two attached hydrogens (primary N) is 1. The van der Waals surface area contributed by atoms with Gasteiger partial charge in [-0.05, 0) is 35.9 Å². The van der Waals surface area contributed by atoms with E-state index >= 15 is 0 Å². The molecular weight excluding hydrogens is 401 g/mol. The third-order valence-electron chi connectivity index (χ3n) is 4.01. The predicted molar refractivity (Wildman–Crippen MR) is 97.5 cm³/mol. The highest BCUT2D eigenvalue weighted by Crippen LogP contribution is 2.36. The Bertz CT molecular complexity index is 996. The molecular formula is C16H13Cl2N3O4S. The highest BCUT2D eigenvalue weighted by atomic mass is 35.5. The molecule has 3 rings (SSSR count). The van der Waals surface area contributed by atoms with E-state index in [4.69, 9.17) is 29.0 Å². The highest BCUT2D eigenvalue weighted by molar-refractivity contribution is 7.90. The summed E-state index contributed by atoms with van der Waals surface area (Å²) in [6, 6.07) is 8.77. The summed E-state index contributed by atoms with van der Waals surface area (Å²) < 4.78 is 25.6. The minimum Gasteiger partial charge on any atom is -0.325 e. The minimum atomic E-state index is -3.82. The van der Waals surface area contributed by atoms with Gasteiger partial charge in [0.05, 0.1) is 10.6 Å². The van der Waals surface area contributed by atoms with Gasteiger partial charge in [-0.15, -0.1) is 0 Å². The SMILES string of the molecule is NNC(=O)C1C(=O)Nc2ccc(S(=O)(=O)Cc3c(Cl)cccc3Cl)cc21. The van der Waals surface area contributed by atoms with Crippen molar-refractivity contribution in [3.05, 3.63) is 57.6 Å². The van der Waals surface area contributed by atoms with E-state index in [1.165, 1.54) is 18.2 Å². The summed E-state index contributed by atoms with van der Waals surface area (Å²) in [6.45, 7) is 0. The van der Waals surface area contributed by atoms with Crippen LogP contribution in [0.5, 0.6) is 0 Å². The number of halogens is 2. The van der Waals surface area contributed by atoms with Crippen molar-refractivity contribution in [2.75, 3.05) is 5.32 Å². The smallest absolute Gasteiger partial charge is 0.251 e. The molecule has 0 fully saturated rings. The van der Waals surface area contributed by atoms with Gasteiger partial charge in [0.15, 0.2) is 9.84 Å². The number of rotatable bonds is 4. The topological polar surface area (TPSA) is 118 Å². The Morgan fingerprint density at radius 3 is 2.46 bits per heavy atom. The third kappa shape index (κ3) is 3.28. The van der Waals surface area contributed by atoms with Crippen LogP contribution in [0.3, 0.4) is 0 Å². The van der Waals surface area contributed by atoms with Crippen molar-refractivity contribution >= 4 is 50.5 Å². The Morgan fingerprint density at radius 1 is 1.19 bits per heavy atom. The van der Waals surface area contributed by atoms with Gasteiger partial charge in [0.2, 0.25) is 5.91 Å². The van der Waals surface area contributed by atoms with Crippen LogP contribution in [-0.2, 0) is 25.2 Å². The summed E-state index contributed by atoms with van der Waals surface area (Å²) in [5, 5.41) is 2.99. The number of carbonyl (C=O) groups excluding carboxylic acids is 2. The standard InChI is InChI=1S/C16H13Cl2N3O4S/c17-11-2-1-3-12(18)10(11)7-26(24,25)8-4-5-13-9(6-8)14(15(22)20-13)16(23)21-19/h1-6,14H,7,19H2,(H,20,22)(H,21,23). The Labute approximate surface area is 159 Å². The summed E-state index contributed by atoms with van der Waals surface area (Å²) in [5.74, 6) is 2.16. The van der Waals surface area contributed by atoms with Gasteiger partial charge >= 0.3 is 0 Å². The van der Waals surface area contributed by atoms with E-state index in [-0.39, 0.29) is 26.1 Å². The van der Waals surface area contributed by atoms with E-state index in [0.29, 0.717) is 5.69 Å². The average Bonchev–Trinajstić information content (AvgIpc) is 2.92. The summed E-state index contributed by atoms with van der Waals surface area (Å²) in [5.41, 5.74) is 2.79. The Balaban J connectivity index is 2.02. The molecule has 1 aliphatic heterocycles. The second-order valence-electron chi connectivity index (χ2n) is 5.64. The molecule has 10 heteroatoms. The molecule has 1 atom stereocenters. The Kier molecular flexibility index (Phi) is 4.94. The lowest BCUT2D eigenvalue weighted by atomic mass is 10.0. The first-order valence-electron chi connectivity index (χ1n) is 7.35. The van der Waals surface area contributed by atoms with Gasteiger partial charge < -0.3 is 5.32 Å². The number of nitrogens with one attached hydrogen (secondary N) is 2. The summed E-state index contributed by atoms with van der Waals surface area (Å²) in [6.07, 6.45) is 0. The number of amides is 2. The third-order valence-corrected chi connectivity index (χ3v) is 6.36. The molecule has 4 N–H and O–H groups in total. The number of carbonyl (C=O) groups is 2. The van der Waals surface area contributed by atoms with Gasteiger partial charge in [-0.2, -0.15) is 0 Å². The molecule has 1 heterocycles. The quantitative estimate of drug-likeness (QED) is 0.306. The van der Waals surface area contributed by atoms with Gasteiger partial charge in [0.1, 0.15) is 5.92 Å². The fraction of sp³-hybridized carbons (Fsp3) is 0.125. The number of hydrogen-bond donors (Lipinski definition) is 3. The lowest BCUT2D eigenvalue weighted by Crippen LogP contribution is -2.37. The van der Waals surface area contributed by atoms with Crippen LogP contribution in [0.2, 0.25) is 10.0 Å². The Hall–Kier alpha value is -2.13. The second kappa shape index (κ2) is 6.88. The van der Waals surface area contributed by atoms with Crippen molar-refractivity contribution in [1.29, 1.82) is 0 Å². The van der Waals surface area contributed by atoms with Crippen LogP contribution in [0, 0.1) is 0 Å². The first-order valence-corrected chi connectivity index (χ1v) is 9.76. The largest absolute Gasteiger partial charge is 0.325 e. The number of anilines is 1. The van der Waals surface area contributed by atoms with Crippen molar-refractivity contribution in [2.24, 2.45) is 5.84 Å². The van der Waals surface area contributed by atoms with Crippen molar-refractivity contribution < 1.29 is 18.0 Å². The molecule has 0 saturated heterocycles. The number of sulfone groups is 1. The van der Waals surface area contributed by atoms with E-state index in [2.05, 4.69) is 5.32 Å². The van der Waals surface area contributed by atoms with Crippen molar-refractivity contribution in [3.8, 4) is 0 Å². The highest BCUT2D eigenvalue weighted by Gasteiger charge is 2.37. The lowest BCUT2D eigenvalue weighted by Gasteiger charge is -2.11. The maximum absolute atomic E-state index is 12.8. The molecule has 0 saturated carbocycles. The van der Waals surface area contributed by atoms with Crippen LogP contribution in [0.25, 0.3) is 0 Å². The van der Waals surface area contributed by atoms with Crippen molar-refractivity contribution in [1.82, 2.24) is 5.43 Å². The van der Waals surface area contributed by atoms with E-state index in [9.17, 15) is 18.0 Å². The van der Waals surface area contributed by atoms with Gasteiger partial charge in [0, 0.05) is 21.3 Å². The van der Waals surface area contributed by atoms with E-state index < -0.39 is 33.3 Å². The number of benzene rings is 2. The molecule has 2 aromatic carbocycles. The molecule has 2 aromatic rings. The molecule has 1 unspecified atom stereocenters. The fourth-order valence-corrected chi connectivity index (χ4v) is 4.85. The van der Waals surface area contributed by atoms with Gasteiger partial charge in [0.25, 0.3) is 5.91 Å². The molecule has 0 spiro atoms. The maximum atomic E-state index is 12.8. The van der Waals surface area contributed by atoms with Crippen LogP contribution in [-0.4, -0.2) is 20.2 Å². The lowest BCUT2D eigenvalue weighted by molar-refractivity contribution is -0.128. The zero-order chi connectivity index (χ0) is 19.1. The van der Waals surface area contributed by atoms with Crippen LogP contribution < -0.4 is 16.6 Å². The fourth-order valence-electron chi connectivity index (χ4n) is 2.72. The molecule has 0 aliphatic carbocycles. The zero-order valence-electron chi connectivity index (χ0n) is 13.1. The summed E-state index contributed by atoms with van der Waals surface area (Å²) >= 11 is 12.1. The summed E-state index contributed by atoms with van der Waals surface area (Å²) in [7, 11) is -3.82. The van der Waals surface area contributed by atoms with Crippen LogP contribution in [0.1, 0.15) is 17.0 Å². The normalized spacial score (nSPS) is 16.1. The molecule has 2 amide bonds. The maximum Gasteiger partial charge on any atom is 0.251 e. The molecule has 136 valence electrons. The molecule has 0 aromatic heterocycles. The summed E-state index contributed by atoms with van der Waals surface area (Å²) in [4.78, 5) is 23.8. The minimum absolute atomic E-state index is 0.0569. The molecule has 26 heavy (non-hydrogen) atoms. The number of hydrogen-bond acceptors (Lipinski definition) is 5. The second-order valence-corrected chi connectivity index (χ2v) is 8.44. The van der Waals surface area contributed by atoms with Gasteiger partial charge in [-0.1, -0.05) is 29.3 Å². The van der Waals surface area contributed by atoms with Gasteiger partial charge in [-0.3, -0.25) is 15.0 Å². The molecule has 0 bridgehead atoms. The van der Waals surface area contributed by atoms with Gasteiger partial charge in [-0.25, -0.2) is 14.3 Å². The first-order chi connectivity index (χ1) is 12.2. The molecule has 1 aliphatic rings. The predicted octanol–water partition coefficient (Wildman–Crippen LogP) is 1.99. The van der Waals surface area contributed by atoms with E-state index in [1.54, 1.807) is 18.2 Å². The van der Waals surface area contributed by atoms with Crippen LogP contribution in [0.4, 0.5) is 5.69 Å². The number of fused-ring (bicyclic) bond motifs is 1. The average molecular weight is 414 g/mol. The van der Waals surface area contributed by atoms with Crippen LogP contribution in [0.15, 0.2) is 41.3 Å². The Morgan fingerprint density at radius 2 is 1.85 bits per heavy atom. The van der Waals surface area contributed by atoms with Crippen molar-refractivity contribution in [3.63, 3.8) is 0 Å². The molecule has 0 radical (unpaired) electrons. The van der Waals surface area contributed by atoms with E-state index in [1.807, 2.05) is 5.43 Å². The number of hydrazine groups is 1. The first kappa shape index (κ1) is 18.7. The monoisotopic (exact) mass is 413 g/mol. The molecule has 7 nitrogen and oxygen atoms in total. The zero-order valence-corrected chi connectivity index (χ0v) is 15.5. The van der Waals surface area contributed by atoms with Crippen LogP contribution >= 0.6 is 23.2 Å².